The fourth-order valence-corrected chi connectivity index (χ4v) is 3.25. The maximum Gasteiger partial charge on any atom is 0.276 e. The molecule has 0 fully saturated rings. The number of azo groups is 1. The van der Waals surface area contributed by atoms with Gasteiger partial charge in [0.15, 0.2) is 11.5 Å². The predicted octanol–water partition coefficient (Wildman–Crippen LogP) is 5.38. The average molecular weight is 498 g/mol. The quantitative estimate of drug-likeness (QED) is 0.234. The van der Waals surface area contributed by atoms with Gasteiger partial charge in [-0.3, -0.25) is 9.59 Å². The van der Waals surface area contributed by atoms with Crippen molar-refractivity contribution in [1.82, 2.24) is 0 Å². The molecule has 0 aromatic heterocycles. The summed E-state index contributed by atoms with van der Waals surface area (Å²) in [5, 5.41) is 8.17. The second kappa shape index (κ2) is 12.3. The van der Waals surface area contributed by atoms with Crippen LogP contribution in [0.1, 0.15) is 20.8 Å². The van der Waals surface area contributed by atoms with E-state index in [-0.39, 0.29) is 22.1 Å². The molecular formula is C22H25Cl2N3O6. The first-order valence-corrected chi connectivity index (χ1v) is 10.7. The van der Waals surface area contributed by atoms with E-state index in [0.29, 0.717) is 30.5 Å². The summed E-state index contributed by atoms with van der Waals surface area (Å²) in [7, 11) is 2.86. The van der Waals surface area contributed by atoms with Crippen LogP contribution in [0.3, 0.4) is 0 Å². The Morgan fingerprint density at radius 2 is 1.58 bits per heavy atom. The molecule has 0 saturated heterocycles. The fraction of sp³-hybridized carbons (Fsp3) is 0.364. The number of ether oxygens (including phenoxy) is 4. The predicted molar refractivity (Wildman–Crippen MR) is 126 cm³/mol. The molecule has 0 bridgehead atoms. The number of rotatable bonds is 11. The van der Waals surface area contributed by atoms with E-state index in [0.717, 1.165) is 4.42 Å². The molecule has 1 amide bonds. The Hall–Kier alpha value is -3.04. The SMILES string of the molecule is CCOc1cc(OCC)cc(N(Cl)C(=O)C(N=Nc2cc(OC)cc(Cl)c2OC)C(C)=O)c1. The molecule has 1 unspecified atom stereocenters. The molecule has 9 nitrogen and oxygen atoms in total. The summed E-state index contributed by atoms with van der Waals surface area (Å²) < 4.78 is 22.2. The Morgan fingerprint density at radius 1 is 0.970 bits per heavy atom. The molecule has 0 aliphatic rings. The number of hydrogen-bond donors (Lipinski definition) is 0. The van der Waals surface area contributed by atoms with Crippen molar-refractivity contribution in [3.63, 3.8) is 0 Å². The van der Waals surface area contributed by atoms with Crippen molar-refractivity contribution >= 4 is 46.4 Å². The van der Waals surface area contributed by atoms with Gasteiger partial charge in [0.05, 0.1) is 38.1 Å². The van der Waals surface area contributed by atoms with Gasteiger partial charge in [0.1, 0.15) is 22.9 Å². The maximum absolute atomic E-state index is 13.0. The van der Waals surface area contributed by atoms with E-state index >= 15 is 0 Å². The van der Waals surface area contributed by atoms with Crippen molar-refractivity contribution < 1.29 is 28.5 Å². The maximum atomic E-state index is 13.0. The summed E-state index contributed by atoms with van der Waals surface area (Å²) in [6, 6.07) is 6.31. The molecule has 0 aliphatic carbocycles. The van der Waals surface area contributed by atoms with Crippen LogP contribution in [0, 0.1) is 0 Å². The molecular weight excluding hydrogens is 473 g/mol. The highest BCUT2D eigenvalue weighted by atomic mass is 35.5. The molecule has 0 saturated carbocycles. The first-order valence-electron chi connectivity index (χ1n) is 9.98. The lowest BCUT2D eigenvalue weighted by molar-refractivity contribution is -0.126. The van der Waals surface area contributed by atoms with Gasteiger partial charge < -0.3 is 18.9 Å². The van der Waals surface area contributed by atoms with Gasteiger partial charge in [-0.1, -0.05) is 11.6 Å². The molecule has 2 aromatic carbocycles. The normalized spacial score (nSPS) is 11.7. The number of carbonyl (C=O) groups excluding carboxylic acids is 2. The zero-order valence-electron chi connectivity index (χ0n) is 18.9. The summed E-state index contributed by atoms with van der Waals surface area (Å²) in [5.74, 6) is 0.146. The molecule has 11 heteroatoms. The second-order valence-electron chi connectivity index (χ2n) is 6.54. The highest BCUT2D eigenvalue weighted by Gasteiger charge is 2.29. The molecule has 0 N–H and O–H groups in total. The lowest BCUT2D eigenvalue weighted by Gasteiger charge is -2.19. The van der Waals surface area contributed by atoms with Crippen LogP contribution in [0.5, 0.6) is 23.0 Å². The monoisotopic (exact) mass is 497 g/mol. The van der Waals surface area contributed by atoms with Gasteiger partial charge >= 0.3 is 0 Å². The molecule has 0 spiro atoms. The molecule has 1 atom stereocenters. The van der Waals surface area contributed by atoms with E-state index in [1.807, 2.05) is 13.8 Å². The second-order valence-corrected chi connectivity index (χ2v) is 7.28. The van der Waals surface area contributed by atoms with Crippen LogP contribution in [0.25, 0.3) is 0 Å². The van der Waals surface area contributed by atoms with E-state index in [1.54, 1.807) is 18.2 Å². The summed E-state index contributed by atoms with van der Waals surface area (Å²) in [5.41, 5.74) is 0.429. The van der Waals surface area contributed by atoms with Crippen molar-refractivity contribution in [3.05, 3.63) is 35.4 Å². The van der Waals surface area contributed by atoms with Crippen LogP contribution in [0.15, 0.2) is 40.6 Å². The summed E-state index contributed by atoms with van der Waals surface area (Å²) >= 11 is 12.5. The zero-order chi connectivity index (χ0) is 24.5. The van der Waals surface area contributed by atoms with E-state index in [9.17, 15) is 9.59 Å². The number of Topliss-reactive ketones (excluding diaryl/α,β-unsaturated/α-hetero) is 1. The highest BCUT2D eigenvalue weighted by Crippen LogP contribution is 2.39. The van der Waals surface area contributed by atoms with Crippen molar-refractivity contribution in [2.24, 2.45) is 10.2 Å². The third-order valence-corrected chi connectivity index (χ3v) is 4.89. The van der Waals surface area contributed by atoms with Gasteiger partial charge in [0.2, 0.25) is 6.04 Å². The molecule has 0 radical (unpaired) electrons. The van der Waals surface area contributed by atoms with Crippen molar-refractivity contribution in [2.75, 3.05) is 31.9 Å². The standard InChI is InChI=1S/C22H25Cl2N3O6/c1-6-32-16-8-14(9-17(10-16)33-7-2)27(24)22(29)20(13(3)28)26-25-19-12-15(30-4)11-18(23)21(19)31-5/h8-12,20H,6-7H2,1-5H3. The summed E-state index contributed by atoms with van der Waals surface area (Å²) in [6.45, 7) is 5.66. The lowest BCUT2D eigenvalue weighted by Crippen LogP contribution is -2.36. The smallest absolute Gasteiger partial charge is 0.276 e. The Bertz CT molecular complexity index is 1010. The molecule has 178 valence electrons. The number of nitrogens with zero attached hydrogens (tertiary/aromatic N) is 3. The number of carbonyl (C=O) groups is 2. The number of methoxy groups -OCH3 is 2. The van der Waals surface area contributed by atoms with Gasteiger partial charge in [-0.15, -0.1) is 0 Å². The minimum atomic E-state index is -1.51. The molecule has 33 heavy (non-hydrogen) atoms. The number of hydrogen-bond acceptors (Lipinski definition) is 8. The van der Waals surface area contributed by atoms with Crippen molar-refractivity contribution in [3.8, 4) is 23.0 Å². The Morgan fingerprint density at radius 3 is 2.06 bits per heavy atom. The van der Waals surface area contributed by atoms with Gasteiger partial charge in [0.25, 0.3) is 5.91 Å². The Balaban J connectivity index is 2.40. The molecule has 2 aromatic rings. The van der Waals surface area contributed by atoms with Crippen LogP contribution >= 0.6 is 23.4 Å². The van der Waals surface area contributed by atoms with E-state index in [1.165, 1.54) is 33.3 Å². The molecule has 0 heterocycles. The number of benzene rings is 2. The minimum Gasteiger partial charge on any atom is -0.497 e. The van der Waals surface area contributed by atoms with Gasteiger partial charge in [-0.2, -0.15) is 10.2 Å². The van der Waals surface area contributed by atoms with Crippen LogP contribution in [-0.4, -0.2) is 45.2 Å². The van der Waals surface area contributed by atoms with Crippen LogP contribution in [-0.2, 0) is 9.59 Å². The van der Waals surface area contributed by atoms with E-state index in [4.69, 9.17) is 42.3 Å². The largest absolute Gasteiger partial charge is 0.497 e. The van der Waals surface area contributed by atoms with E-state index in [2.05, 4.69) is 10.2 Å². The third-order valence-electron chi connectivity index (χ3n) is 4.24. The van der Waals surface area contributed by atoms with Crippen LogP contribution in [0.4, 0.5) is 11.4 Å². The lowest BCUT2D eigenvalue weighted by atomic mass is 10.2. The Labute approximate surface area is 202 Å². The van der Waals surface area contributed by atoms with E-state index < -0.39 is 17.7 Å². The van der Waals surface area contributed by atoms with Crippen molar-refractivity contribution in [2.45, 2.75) is 26.8 Å². The average Bonchev–Trinajstić information content (AvgIpc) is 2.78. The molecule has 0 aliphatic heterocycles. The summed E-state index contributed by atoms with van der Waals surface area (Å²) in [6.07, 6.45) is 0. The molecule has 2 rings (SSSR count). The van der Waals surface area contributed by atoms with Gasteiger partial charge in [0, 0.05) is 42.1 Å². The number of ketones is 1. The Kier molecular flexibility index (Phi) is 9.74. The van der Waals surface area contributed by atoms with Crippen molar-refractivity contribution in [1.29, 1.82) is 0 Å². The first kappa shape index (κ1) is 26.2. The summed E-state index contributed by atoms with van der Waals surface area (Å²) in [4.78, 5) is 25.3. The van der Waals surface area contributed by atoms with Crippen LogP contribution in [0.2, 0.25) is 5.02 Å². The van der Waals surface area contributed by atoms with Gasteiger partial charge in [-0.25, -0.2) is 4.42 Å². The first-order chi connectivity index (χ1) is 15.7. The number of halogens is 2. The van der Waals surface area contributed by atoms with Gasteiger partial charge in [-0.05, 0) is 20.8 Å². The van der Waals surface area contributed by atoms with Crippen LogP contribution < -0.4 is 23.4 Å². The zero-order valence-corrected chi connectivity index (χ0v) is 20.4. The third kappa shape index (κ3) is 6.72. The highest BCUT2D eigenvalue weighted by molar-refractivity contribution is 6.39. The topological polar surface area (TPSA) is 99.0 Å². The minimum absolute atomic E-state index is 0.180. The fourth-order valence-electron chi connectivity index (χ4n) is 2.78. The number of amides is 1. The number of anilines is 1.